The average Bonchev–Trinajstić information content (AvgIpc) is 3.24. The van der Waals surface area contributed by atoms with Crippen LogP contribution in [0.1, 0.15) is 31.9 Å². The second-order valence-electron chi connectivity index (χ2n) is 12.6. The summed E-state index contributed by atoms with van der Waals surface area (Å²) in [6, 6.07) is 34.4. The Hall–Kier alpha value is -5.06. The first-order valence-electron chi connectivity index (χ1n) is 15.7. The van der Waals surface area contributed by atoms with Crippen molar-refractivity contribution in [1.29, 1.82) is 0 Å². The number of para-hydroxylation sites is 4. The van der Waals surface area contributed by atoms with Gasteiger partial charge in [-0.05, 0) is 56.2 Å². The molecule has 0 unspecified atom stereocenters. The highest BCUT2D eigenvalue weighted by Crippen LogP contribution is 2.31. The van der Waals surface area contributed by atoms with Crippen molar-refractivity contribution in [3.05, 3.63) is 120 Å². The van der Waals surface area contributed by atoms with Gasteiger partial charge in [-0.1, -0.05) is 84.9 Å². The molecule has 0 bridgehead atoms. The second-order valence-corrected chi connectivity index (χ2v) is 12.6. The summed E-state index contributed by atoms with van der Waals surface area (Å²) in [5.74, 6) is -0.392. The maximum Gasteiger partial charge on any atom is 0.408 e. The maximum absolute atomic E-state index is 12.7. The van der Waals surface area contributed by atoms with Crippen molar-refractivity contribution in [3.8, 4) is 0 Å². The second kappa shape index (κ2) is 16.2. The topological polar surface area (TPSA) is 129 Å². The van der Waals surface area contributed by atoms with Gasteiger partial charge < -0.3 is 36.2 Å². The van der Waals surface area contributed by atoms with Gasteiger partial charge in [-0.2, -0.15) is 0 Å². The van der Waals surface area contributed by atoms with Crippen LogP contribution in [0.2, 0.25) is 0 Å². The Morgan fingerprint density at radius 1 is 0.729 bits per heavy atom. The lowest BCUT2D eigenvalue weighted by molar-refractivity contribution is -0.118. The minimum Gasteiger partial charge on any atom is -0.444 e. The van der Waals surface area contributed by atoms with E-state index in [4.69, 9.17) is 10.5 Å². The number of carbonyl (C=O) groups is 3. The van der Waals surface area contributed by atoms with E-state index in [2.05, 4.69) is 37.9 Å². The van der Waals surface area contributed by atoms with Gasteiger partial charge in [0.2, 0.25) is 11.8 Å². The Balaban J connectivity index is 0.000000221. The number of ether oxygens (including phenoxy) is 1. The van der Waals surface area contributed by atoms with Crippen molar-refractivity contribution in [2.24, 2.45) is 5.73 Å². The van der Waals surface area contributed by atoms with E-state index >= 15 is 0 Å². The molecular weight excluding hydrogens is 628 g/mol. The Morgan fingerprint density at radius 3 is 1.67 bits per heavy atom. The summed E-state index contributed by atoms with van der Waals surface area (Å²) in [7, 11) is 0. The summed E-state index contributed by atoms with van der Waals surface area (Å²) < 4.78 is 5.31. The third kappa shape index (κ3) is 9.73. The molecule has 4 aromatic rings. The third-order valence-corrected chi connectivity index (χ3v) is 7.60. The SMILES string of the molecule is CC(C)(C)OC(=O)N[C@H]1CN(Cc2ccccc2)c2ccccc2NC1=O.Cl.N[C@H]1CN(Cc2ccccc2)c2ccccc2NC1=O. The zero-order valence-corrected chi connectivity index (χ0v) is 28.2. The van der Waals surface area contributed by atoms with Gasteiger partial charge in [-0.25, -0.2) is 4.79 Å². The normalized spacial score (nSPS) is 17.0. The number of anilines is 4. The number of carbonyl (C=O) groups excluding carboxylic acids is 3. The van der Waals surface area contributed by atoms with Crippen molar-refractivity contribution < 1.29 is 19.1 Å². The predicted octanol–water partition coefficient (Wildman–Crippen LogP) is 5.93. The van der Waals surface area contributed by atoms with E-state index in [9.17, 15) is 14.4 Å². The molecule has 0 fully saturated rings. The highest BCUT2D eigenvalue weighted by molar-refractivity contribution is 6.01. The highest BCUT2D eigenvalue weighted by Gasteiger charge is 2.31. The minimum atomic E-state index is -0.726. The van der Waals surface area contributed by atoms with Gasteiger partial charge in [0.25, 0.3) is 0 Å². The molecule has 2 heterocycles. The fraction of sp³-hybridized carbons (Fsp3) is 0.270. The van der Waals surface area contributed by atoms with E-state index in [1.807, 2.05) is 97.1 Å². The molecule has 0 aromatic heterocycles. The molecule has 4 aromatic carbocycles. The molecule has 2 atom stereocenters. The van der Waals surface area contributed by atoms with Gasteiger partial charge in [0, 0.05) is 26.2 Å². The fourth-order valence-electron chi connectivity index (χ4n) is 5.44. The van der Waals surface area contributed by atoms with E-state index in [0.29, 0.717) is 19.6 Å². The van der Waals surface area contributed by atoms with E-state index in [1.54, 1.807) is 20.8 Å². The first-order chi connectivity index (χ1) is 22.6. The number of benzene rings is 4. The number of amides is 3. The Bertz CT molecular complexity index is 1680. The molecule has 0 spiro atoms. The highest BCUT2D eigenvalue weighted by atomic mass is 35.5. The number of nitrogens with zero attached hydrogens (tertiary/aromatic N) is 2. The number of alkyl carbamates (subject to hydrolysis) is 1. The van der Waals surface area contributed by atoms with Crippen LogP contribution in [0.5, 0.6) is 0 Å². The van der Waals surface area contributed by atoms with Crippen LogP contribution in [-0.2, 0) is 27.4 Å². The standard InChI is InChI=1S/C21H25N3O3.C16H17N3O.ClH/c1-21(2,3)27-20(26)23-17-14-24(13-15-9-5-4-6-10-15)18-12-8-7-11-16(18)22-19(17)25;17-13-11-19(10-12-6-2-1-3-7-12)15-9-5-4-8-14(15)18-16(13)20;/h4-12,17H,13-14H2,1-3H3,(H,22,25)(H,23,26);1-9,13H,10-11,17H2,(H,18,20);1H/t17-;13-;/m00./s1. The Morgan fingerprint density at radius 2 is 1.17 bits per heavy atom. The molecule has 11 heteroatoms. The quantitative estimate of drug-likeness (QED) is 0.207. The Kier molecular flexibility index (Phi) is 12.1. The van der Waals surface area contributed by atoms with Crippen molar-refractivity contribution in [2.45, 2.75) is 51.5 Å². The van der Waals surface area contributed by atoms with Crippen molar-refractivity contribution in [3.63, 3.8) is 0 Å². The average molecular weight is 671 g/mol. The van der Waals surface area contributed by atoms with Crippen molar-refractivity contribution in [2.75, 3.05) is 33.5 Å². The molecule has 252 valence electrons. The maximum atomic E-state index is 12.7. The number of hydrogen-bond acceptors (Lipinski definition) is 7. The Labute approximate surface area is 288 Å². The number of rotatable bonds is 5. The van der Waals surface area contributed by atoms with Crippen LogP contribution in [0, 0.1) is 0 Å². The molecule has 2 aliphatic heterocycles. The number of hydrogen-bond donors (Lipinski definition) is 4. The molecule has 10 nitrogen and oxygen atoms in total. The molecule has 6 rings (SSSR count). The van der Waals surface area contributed by atoms with Gasteiger partial charge in [0.1, 0.15) is 17.7 Å². The van der Waals surface area contributed by atoms with E-state index in [1.165, 1.54) is 5.56 Å². The summed E-state index contributed by atoms with van der Waals surface area (Å²) in [5, 5.41) is 8.49. The summed E-state index contributed by atoms with van der Waals surface area (Å²) in [4.78, 5) is 41.0. The van der Waals surface area contributed by atoms with Gasteiger partial charge in [0.05, 0.1) is 22.7 Å². The summed E-state index contributed by atoms with van der Waals surface area (Å²) in [6.45, 7) is 7.58. The largest absolute Gasteiger partial charge is 0.444 e. The smallest absolute Gasteiger partial charge is 0.408 e. The minimum absolute atomic E-state index is 0. The molecule has 0 saturated heterocycles. The third-order valence-electron chi connectivity index (χ3n) is 7.60. The van der Waals surface area contributed by atoms with Gasteiger partial charge in [0.15, 0.2) is 0 Å². The van der Waals surface area contributed by atoms with Gasteiger partial charge in [-0.3, -0.25) is 9.59 Å². The molecule has 5 N–H and O–H groups in total. The lowest BCUT2D eigenvalue weighted by Crippen LogP contribution is -2.50. The monoisotopic (exact) mass is 670 g/mol. The van der Waals surface area contributed by atoms with Crippen LogP contribution < -0.4 is 31.5 Å². The molecule has 0 radical (unpaired) electrons. The predicted molar refractivity (Wildman–Crippen MR) is 194 cm³/mol. The van der Waals surface area contributed by atoms with Crippen LogP contribution in [0.15, 0.2) is 109 Å². The first-order valence-corrected chi connectivity index (χ1v) is 15.7. The van der Waals surface area contributed by atoms with Gasteiger partial charge in [-0.15, -0.1) is 12.4 Å². The molecule has 0 saturated carbocycles. The van der Waals surface area contributed by atoms with E-state index < -0.39 is 23.8 Å². The zero-order chi connectivity index (χ0) is 33.4. The van der Waals surface area contributed by atoms with Crippen LogP contribution in [0.3, 0.4) is 0 Å². The number of nitrogens with one attached hydrogen (secondary N) is 3. The van der Waals surface area contributed by atoms with Crippen molar-refractivity contribution in [1.82, 2.24) is 5.32 Å². The number of halogens is 1. The lowest BCUT2D eigenvalue weighted by Gasteiger charge is -2.27. The summed E-state index contributed by atoms with van der Waals surface area (Å²) in [6.07, 6.45) is -0.603. The molecular formula is C37H43ClN6O4. The van der Waals surface area contributed by atoms with E-state index in [-0.39, 0.29) is 24.2 Å². The van der Waals surface area contributed by atoms with Crippen molar-refractivity contribution >= 4 is 53.1 Å². The van der Waals surface area contributed by atoms with Crippen LogP contribution in [-0.4, -0.2) is 48.7 Å². The molecule has 3 amide bonds. The first kappa shape index (κ1) is 35.8. The fourth-order valence-corrected chi connectivity index (χ4v) is 5.44. The van der Waals surface area contributed by atoms with Crippen LogP contribution in [0.4, 0.5) is 27.5 Å². The zero-order valence-electron chi connectivity index (χ0n) is 27.4. The van der Waals surface area contributed by atoms with Crippen LogP contribution in [0.25, 0.3) is 0 Å². The molecule has 48 heavy (non-hydrogen) atoms. The summed E-state index contributed by atoms with van der Waals surface area (Å²) in [5.41, 5.74) is 11.1. The van der Waals surface area contributed by atoms with E-state index in [0.717, 1.165) is 34.9 Å². The number of fused-ring (bicyclic) bond motifs is 2. The summed E-state index contributed by atoms with van der Waals surface area (Å²) >= 11 is 0. The van der Waals surface area contributed by atoms with Gasteiger partial charge >= 0.3 is 6.09 Å². The van der Waals surface area contributed by atoms with Crippen LogP contribution >= 0.6 is 12.4 Å². The molecule has 2 aliphatic rings. The molecule has 0 aliphatic carbocycles. The number of nitrogens with two attached hydrogens (primary N) is 1. The lowest BCUT2D eigenvalue weighted by atomic mass is 10.1.